The van der Waals surface area contributed by atoms with Gasteiger partial charge >= 0.3 is 0 Å². The van der Waals surface area contributed by atoms with Crippen LogP contribution < -0.4 is 0 Å². The van der Waals surface area contributed by atoms with Crippen molar-refractivity contribution in [3.63, 3.8) is 0 Å². The zero-order valence-electron chi connectivity index (χ0n) is 10.8. The molecule has 0 spiro atoms. The van der Waals surface area contributed by atoms with Crippen LogP contribution >= 0.6 is 11.6 Å². The second-order valence-electron chi connectivity index (χ2n) is 4.84. The molecule has 0 aliphatic carbocycles. The third-order valence-electron chi connectivity index (χ3n) is 3.53. The van der Waals surface area contributed by atoms with Crippen LogP contribution in [0.4, 0.5) is 0 Å². The molecule has 0 saturated carbocycles. The van der Waals surface area contributed by atoms with Crippen molar-refractivity contribution < 1.29 is 13.2 Å². The van der Waals surface area contributed by atoms with Crippen LogP contribution in [0.5, 0.6) is 0 Å². The van der Waals surface area contributed by atoms with Crippen molar-refractivity contribution in [2.45, 2.75) is 30.4 Å². The zero-order valence-corrected chi connectivity index (χ0v) is 12.3. The van der Waals surface area contributed by atoms with Gasteiger partial charge in [0.1, 0.15) is 11.2 Å². The Morgan fingerprint density at radius 3 is 2.65 bits per heavy atom. The lowest BCUT2D eigenvalue weighted by Gasteiger charge is -2.23. The summed E-state index contributed by atoms with van der Waals surface area (Å²) in [5, 5.41) is 8.48. The Kier molecular flexibility index (Phi) is 4.46. The van der Waals surface area contributed by atoms with Gasteiger partial charge in [-0.25, -0.2) is 8.42 Å². The van der Waals surface area contributed by atoms with E-state index in [1.165, 1.54) is 0 Å². The van der Waals surface area contributed by atoms with Crippen molar-refractivity contribution in [2.75, 3.05) is 5.75 Å². The Morgan fingerprint density at radius 1 is 1.35 bits per heavy atom. The van der Waals surface area contributed by atoms with E-state index in [0.717, 1.165) is 0 Å². The Morgan fingerprint density at radius 2 is 2.05 bits per heavy atom. The first-order chi connectivity index (χ1) is 9.47. The maximum Gasteiger partial charge on any atom is 0.172 e. The highest BCUT2D eigenvalue weighted by Crippen LogP contribution is 2.30. The van der Waals surface area contributed by atoms with Gasteiger partial charge < -0.3 is 0 Å². The van der Waals surface area contributed by atoms with Gasteiger partial charge in [0.15, 0.2) is 15.6 Å². The highest BCUT2D eigenvalue weighted by atomic mass is 35.5. The van der Waals surface area contributed by atoms with Gasteiger partial charge in [0.2, 0.25) is 0 Å². The predicted octanol–water partition coefficient (Wildman–Crippen LogP) is 2.48. The summed E-state index contributed by atoms with van der Waals surface area (Å²) in [5.74, 6) is -1.66. The van der Waals surface area contributed by atoms with Crippen molar-refractivity contribution in [3.05, 3.63) is 34.9 Å². The van der Waals surface area contributed by atoms with Crippen LogP contribution in [0, 0.1) is 11.3 Å². The van der Waals surface area contributed by atoms with Crippen LogP contribution in [0.2, 0.25) is 5.02 Å². The minimum absolute atomic E-state index is 0.0179. The molecule has 1 heterocycles. The third-order valence-corrected chi connectivity index (χ3v) is 6.06. The molecule has 2 atom stereocenters. The number of hydrogen-bond acceptors (Lipinski definition) is 4. The minimum Gasteiger partial charge on any atom is -0.296 e. The molecule has 6 heteroatoms. The molecule has 20 heavy (non-hydrogen) atoms. The summed E-state index contributed by atoms with van der Waals surface area (Å²) in [6, 6.07) is 8.44. The summed E-state index contributed by atoms with van der Waals surface area (Å²) in [4.78, 5) is 12.4. The summed E-state index contributed by atoms with van der Waals surface area (Å²) in [7, 11) is -3.44. The summed E-state index contributed by atoms with van der Waals surface area (Å²) in [5.41, 5.74) is 0.377. The highest BCUT2D eigenvalue weighted by molar-refractivity contribution is 7.92. The van der Waals surface area contributed by atoms with Gasteiger partial charge in [-0.2, -0.15) is 5.26 Å². The Balaban J connectivity index is 2.36. The summed E-state index contributed by atoms with van der Waals surface area (Å²) in [6.45, 7) is 0. The Labute approximate surface area is 123 Å². The number of Topliss-reactive ketones (excluding diaryl/α,β-unsaturated/α-hetero) is 1. The number of halogens is 1. The van der Waals surface area contributed by atoms with Gasteiger partial charge in [-0.1, -0.05) is 36.2 Å². The molecular formula is C14H14ClNO3S. The van der Waals surface area contributed by atoms with Crippen molar-refractivity contribution in [3.8, 4) is 6.07 Å². The second kappa shape index (κ2) is 5.94. The molecule has 0 aromatic heterocycles. The molecule has 1 fully saturated rings. The molecule has 1 aliphatic heterocycles. The number of carbonyl (C=O) groups is 1. The van der Waals surface area contributed by atoms with Gasteiger partial charge in [0.05, 0.1) is 11.8 Å². The number of benzene rings is 1. The fourth-order valence-corrected chi connectivity index (χ4v) is 4.61. The number of nitriles is 1. The van der Waals surface area contributed by atoms with E-state index in [9.17, 15) is 18.5 Å². The lowest BCUT2D eigenvalue weighted by Crippen LogP contribution is -2.38. The van der Waals surface area contributed by atoms with Crippen molar-refractivity contribution in [2.24, 2.45) is 0 Å². The van der Waals surface area contributed by atoms with Gasteiger partial charge in [-0.15, -0.1) is 0 Å². The maximum absolute atomic E-state index is 12.4. The first kappa shape index (κ1) is 15.0. The molecule has 0 N–H and O–H groups in total. The fraction of sp³-hybridized carbons (Fsp3) is 0.429. The SMILES string of the molecule is N#CC(C(=O)C1CCCCS1(=O)=O)c1ccccc1Cl. The third kappa shape index (κ3) is 2.87. The maximum atomic E-state index is 12.4. The highest BCUT2D eigenvalue weighted by Gasteiger charge is 2.39. The standard InChI is InChI=1S/C14H14ClNO3S/c15-12-6-2-1-5-10(12)11(9-16)14(17)13-7-3-4-8-20(13,18)19/h1-2,5-6,11,13H,3-4,7-8H2. The minimum atomic E-state index is -3.44. The number of sulfone groups is 1. The van der Waals surface area contributed by atoms with Gasteiger partial charge in [0.25, 0.3) is 0 Å². The average molecular weight is 312 g/mol. The number of hydrogen-bond donors (Lipinski definition) is 0. The topological polar surface area (TPSA) is 75.0 Å². The number of nitrogens with zero attached hydrogens (tertiary/aromatic N) is 1. The van der Waals surface area contributed by atoms with Crippen LogP contribution in [0.3, 0.4) is 0 Å². The quantitative estimate of drug-likeness (QED) is 0.859. The average Bonchev–Trinajstić information content (AvgIpc) is 2.41. The van der Waals surface area contributed by atoms with E-state index in [2.05, 4.69) is 0 Å². The molecule has 2 rings (SSSR count). The van der Waals surface area contributed by atoms with Crippen LogP contribution in [0.15, 0.2) is 24.3 Å². The van der Waals surface area contributed by atoms with Gasteiger partial charge in [-0.05, 0) is 24.5 Å². The molecule has 1 saturated heterocycles. The molecule has 106 valence electrons. The fourth-order valence-electron chi connectivity index (χ4n) is 2.46. The molecule has 1 aliphatic rings. The molecule has 0 bridgehead atoms. The van der Waals surface area contributed by atoms with E-state index in [1.54, 1.807) is 24.3 Å². The van der Waals surface area contributed by atoms with Gasteiger partial charge in [0, 0.05) is 5.02 Å². The second-order valence-corrected chi connectivity index (χ2v) is 7.55. The van der Waals surface area contributed by atoms with Gasteiger partial charge in [-0.3, -0.25) is 4.79 Å². The monoisotopic (exact) mass is 311 g/mol. The van der Waals surface area contributed by atoms with Crippen LogP contribution in [-0.2, 0) is 14.6 Å². The Hall–Kier alpha value is -1.38. The molecule has 0 radical (unpaired) electrons. The van der Waals surface area contributed by atoms with E-state index >= 15 is 0 Å². The number of ketones is 1. The predicted molar refractivity (Wildman–Crippen MR) is 76.2 cm³/mol. The molecule has 0 amide bonds. The normalized spacial score (nSPS) is 22.7. The number of rotatable bonds is 3. The van der Waals surface area contributed by atoms with E-state index in [1.807, 2.05) is 6.07 Å². The number of carbonyl (C=O) groups excluding carboxylic acids is 1. The first-order valence-electron chi connectivity index (χ1n) is 6.36. The van der Waals surface area contributed by atoms with Crippen molar-refractivity contribution >= 4 is 27.2 Å². The van der Waals surface area contributed by atoms with E-state index in [0.29, 0.717) is 29.8 Å². The van der Waals surface area contributed by atoms with Crippen LogP contribution in [-0.4, -0.2) is 25.2 Å². The smallest absolute Gasteiger partial charge is 0.172 e. The first-order valence-corrected chi connectivity index (χ1v) is 8.46. The Bertz CT molecular complexity index is 663. The molecule has 1 aromatic carbocycles. The molecule has 1 aromatic rings. The molecule has 4 nitrogen and oxygen atoms in total. The summed E-state index contributed by atoms with van der Waals surface area (Å²) < 4.78 is 24.0. The van der Waals surface area contributed by atoms with Crippen molar-refractivity contribution in [1.29, 1.82) is 5.26 Å². The lowest BCUT2D eigenvalue weighted by atomic mass is 9.92. The van der Waals surface area contributed by atoms with Crippen molar-refractivity contribution in [1.82, 2.24) is 0 Å². The zero-order chi connectivity index (χ0) is 14.8. The largest absolute Gasteiger partial charge is 0.296 e. The molecular weight excluding hydrogens is 298 g/mol. The molecule has 2 unspecified atom stereocenters. The summed E-state index contributed by atoms with van der Waals surface area (Å²) >= 11 is 6.00. The lowest BCUT2D eigenvalue weighted by molar-refractivity contribution is -0.119. The van der Waals surface area contributed by atoms with Crippen LogP contribution in [0.25, 0.3) is 0 Å². The van der Waals surface area contributed by atoms with E-state index in [-0.39, 0.29) is 5.75 Å². The summed E-state index contributed by atoms with van der Waals surface area (Å²) in [6.07, 6.45) is 1.57. The van der Waals surface area contributed by atoms with E-state index < -0.39 is 26.8 Å². The van der Waals surface area contributed by atoms with E-state index in [4.69, 9.17) is 11.6 Å². The van der Waals surface area contributed by atoms with Crippen LogP contribution in [0.1, 0.15) is 30.7 Å².